The van der Waals surface area contributed by atoms with Gasteiger partial charge in [-0.05, 0) is 17.7 Å². The lowest BCUT2D eigenvalue weighted by Gasteiger charge is -2.14. The van der Waals surface area contributed by atoms with Crippen LogP contribution in [0.25, 0.3) is 11.1 Å². The van der Waals surface area contributed by atoms with Gasteiger partial charge in [0.05, 0.1) is 26.0 Å². The Balaban J connectivity index is 2.65. The number of alkyl halides is 2. The van der Waals surface area contributed by atoms with E-state index in [0.717, 1.165) is 0 Å². The molecule has 2 rings (SSSR count). The molecule has 0 aliphatic rings. The largest absolute Gasteiger partial charge is 0.493 e. The number of methoxy groups -OCH3 is 2. The SMILES string of the molecule is COc1cc(-c2cn[nH]c2N)cc(C(F)F)c1OC. The van der Waals surface area contributed by atoms with Crippen LogP contribution in [-0.2, 0) is 0 Å². The molecule has 0 fully saturated rings. The van der Waals surface area contributed by atoms with Crippen molar-refractivity contribution in [1.82, 2.24) is 10.2 Å². The van der Waals surface area contributed by atoms with Gasteiger partial charge in [0, 0.05) is 5.56 Å². The maximum atomic E-state index is 13.1. The summed E-state index contributed by atoms with van der Waals surface area (Å²) in [5.74, 6) is 0.534. The average molecular weight is 269 g/mol. The number of benzene rings is 1. The van der Waals surface area contributed by atoms with Gasteiger partial charge < -0.3 is 15.2 Å². The second-order valence-corrected chi connectivity index (χ2v) is 3.80. The lowest BCUT2D eigenvalue weighted by Crippen LogP contribution is -1.98. The van der Waals surface area contributed by atoms with E-state index in [0.29, 0.717) is 16.9 Å². The van der Waals surface area contributed by atoms with Crippen LogP contribution in [0.5, 0.6) is 11.5 Å². The number of ether oxygens (including phenoxy) is 2. The van der Waals surface area contributed by atoms with Crippen LogP contribution in [0.15, 0.2) is 18.3 Å². The first-order valence-corrected chi connectivity index (χ1v) is 5.41. The Morgan fingerprint density at radius 2 is 2.00 bits per heavy atom. The van der Waals surface area contributed by atoms with Crippen LogP contribution < -0.4 is 15.2 Å². The van der Waals surface area contributed by atoms with E-state index in [-0.39, 0.29) is 17.1 Å². The Kier molecular flexibility index (Phi) is 3.55. The summed E-state index contributed by atoms with van der Waals surface area (Å²) in [6.07, 6.45) is -1.22. The first-order chi connectivity index (χ1) is 9.08. The lowest BCUT2D eigenvalue weighted by atomic mass is 10.0. The molecule has 0 atom stereocenters. The number of halogens is 2. The molecule has 5 nitrogen and oxygen atoms in total. The second kappa shape index (κ2) is 5.13. The molecule has 0 amide bonds. The van der Waals surface area contributed by atoms with E-state index in [1.165, 1.54) is 26.5 Å². The minimum atomic E-state index is -2.68. The number of H-pyrrole nitrogens is 1. The molecule has 7 heteroatoms. The average Bonchev–Trinajstić information content (AvgIpc) is 2.83. The highest BCUT2D eigenvalue weighted by Gasteiger charge is 2.21. The second-order valence-electron chi connectivity index (χ2n) is 3.80. The summed E-state index contributed by atoms with van der Waals surface area (Å²) in [5.41, 5.74) is 6.45. The number of nitrogen functional groups attached to an aromatic ring is 1. The molecule has 0 spiro atoms. The van der Waals surface area contributed by atoms with Gasteiger partial charge in [-0.2, -0.15) is 5.10 Å². The van der Waals surface area contributed by atoms with Crippen LogP contribution in [0.4, 0.5) is 14.6 Å². The molecule has 0 saturated heterocycles. The third-order valence-corrected chi connectivity index (χ3v) is 2.72. The van der Waals surface area contributed by atoms with Crippen molar-refractivity contribution in [3.05, 3.63) is 23.9 Å². The summed E-state index contributed by atoms with van der Waals surface area (Å²) in [6.45, 7) is 0. The number of aromatic nitrogens is 2. The Morgan fingerprint density at radius 1 is 1.26 bits per heavy atom. The quantitative estimate of drug-likeness (QED) is 0.894. The maximum Gasteiger partial charge on any atom is 0.267 e. The van der Waals surface area contributed by atoms with Gasteiger partial charge in [-0.3, -0.25) is 5.10 Å². The molecule has 0 aliphatic carbocycles. The lowest BCUT2D eigenvalue weighted by molar-refractivity contribution is 0.146. The van der Waals surface area contributed by atoms with Crippen molar-refractivity contribution in [2.75, 3.05) is 20.0 Å². The predicted octanol–water partition coefficient (Wildman–Crippen LogP) is 2.61. The molecule has 0 saturated carbocycles. The van der Waals surface area contributed by atoms with Gasteiger partial charge in [-0.15, -0.1) is 0 Å². The zero-order chi connectivity index (χ0) is 14.0. The van der Waals surface area contributed by atoms with Gasteiger partial charge >= 0.3 is 0 Å². The third kappa shape index (κ3) is 2.31. The molecule has 102 valence electrons. The number of nitrogens with zero attached hydrogens (tertiary/aromatic N) is 1. The zero-order valence-electron chi connectivity index (χ0n) is 10.4. The van der Waals surface area contributed by atoms with E-state index >= 15 is 0 Å². The van der Waals surface area contributed by atoms with Crippen molar-refractivity contribution in [3.8, 4) is 22.6 Å². The fraction of sp³-hybridized carbons (Fsp3) is 0.250. The van der Waals surface area contributed by atoms with Crippen LogP contribution in [0.3, 0.4) is 0 Å². The van der Waals surface area contributed by atoms with Gasteiger partial charge in [0.25, 0.3) is 6.43 Å². The predicted molar refractivity (Wildman–Crippen MR) is 66.5 cm³/mol. The number of hydrogen-bond donors (Lipinski definition) is 2. The summed E-state index contributed by atoms with van der Waals surface area (Å²) >= 11 is 0. The highest BCUT2D eigenvalue weighted by atomic mass is 19.3. The minimum absolute atomic E-state index is 0.0170. The van der Waals surface area contributed by atoms with E-state index in [9.17, 15) is 8.78 Å². The molecular formula is C12H13F2N3O2. The highest BCUT2D eigenvalue weighted by Crippen LogP contribution is 2.41. The molecule has 19 heavy (non-hydrogen) atoms. The molecule has 3 N–H and O–H groups in total. The number of anilines is 1. The summed E-state index contributed by atoms with van der Waals surface area (Å²) in [7, 11) is 2.70. The van der Waals surface area contributed by atoms with Crippen molar-refractivity contribution in [2.45, 2.75) is 6.43 Å². The van der Waals surface area contributed by atoms with Crippen LogP contribution in [0, 0.1) is 0 Å². The molecule has 1 aromatic carbocycles. The normalized spacial score (nSPS) is 10.8. The zero-order valence-corrected chi connectivity index (χ0v) is 10.4. The molecule has 0 bridgehead atoms. The summed E-state index contributed by atoms with van der Waals surface area (Å²) in [4.78, 5) is 0. The monoisotopic (exact) mass is 269 g/mol. The summed E-state index contributed by atoms with van der Waals surface area (Å²) in [5, 5.41) is 6.31. The van der Waals surface area contributed by atoms with E-state index in [1.54, 1.807) is 6.07 Å². The minimum Gasteiger partial charge on any atom is -0.493 e. The van der Waals surface area contributed by atoms with Gasteiger partial charge in [0.15, 0.2) is 11.5 Å². The Bertz CT molecular complexity index is 584. The van der Waals surface area contributed by atoms with Crippen molar-refractivity contribution in [1.29, 1.82) is 0 Å². The topological polar surface area (TPSA) is 73.2 Å². The van der Waals surface area contributed by atoms with Gasteiger partial charge in [0.1, 0.15) is 5.82 Å². The van der Waals surface area contributed by atoms with Crippen molar-refractivity contribution >= 4 is 5.82 Å². The van der Waals surface area contributed by atoms with Crippen LogP contribution in [0.2, 0.25) is 0 Å². The molecule has 0 unspecified atom stereocenters. The molecule has 2 aromatic rings. The van der Waals surface area contributed by atoms with Crippen LogP contribution >= 0.6 is 0 Å². The number of aromatic amines is 1. The van der Waals surface area contributed by atoms with Crippen molar-refractivity contribution < 1.29 is 18.3 Å². The third-order valence-electron chi connectivity index (χ3n) is 2.72. The van der Waals surface area contributed by atoms with Crippen LogP contribution in [-0.4, -0.2) is 24.4 Å². The number of rotatable bonds is 4. The molecule has 1 aromatic heterocycles. The van der Waals surface area contributed by atoms with Gasteiger partial charge in [0.2, 0.25) is 0 Å². The standard InChI is InChI=1S/C12H13F2N3O2/c1-18-9-4-6(8-5-16-17-12(8)15)3-7(11(13)14)10(9)19-2/h3-5,11H,1-2H3,(H3,15,16,17). The van der Waals surface area contributed by atoms with Crippen molar-refractivity contribution in [3.63, 3.8) is 0 Å². The van der Waals surface area contributed by atoms with Crippen molar-refractivity contribution in [2.24, 2.45) is 0 Å². The Morgan fingerprint density at radius 3 is 2.47 bits per heavy atom. The van der Waals surface area contributed by atoms with E-state index in [4.69, 9.17) is 15.2 Å². The fourth-order valence-electron chi connectivity index (χ4n) is 1.84. The number of nitrogens with two attached hydrogens (primary N) is 1. The molecule has 0 aliphatic heterocycles. The smallest absolute Gasteiger partial charge is 0.267 e. The molecule has 1 heterocycles. The number of nitrogens with one attached hydrogen (secondary N) is 1. The number of hydrogen-bond acceptors (Lipinski definition) is 4. The first kappa shape index (κ1) is 13.1. The van der Waals surface area contributed by atoms with Gasteiger partial charge in [-0.25, -0.2) is 8.78 Å². The highest BCUT2D eigenvalue weighted by molar-refractivity contribution is 5.76. The molecular weight excluding hydrogens is 256 g/mol. The fourth-order valence-corrected chi connectivity index (χ4v) is 1.84. The maximum absolute atomic E-state index is 13.1. The van der Waals surface area contributed by atoms with E-state index in [2.05, 4.69) is 10.2 Å². The van der Waals surface area contributed by atoms with Gasteiger partial charge in [-0.1, -0.05) is 0 Å². The van der Waals surface area contributed by atoms with Crippen LogP contribution in [0.1, 0.15) is 12.0 Å². The van der Waals surface area contributed by atoms with E-state index < -0.39 is 6.43 Å². The summed E-state index contributed by atoms with van der Waals surface area (Å²) < 4.78 is 36.2. The van der Waals surface area contributed by atoms with E-state index in [1.807, 2.05) is 0 Å². The first-order valence-electron chi connectivity index (χ1n) is 5.41. The Hall–Kier alpha value is -2.31. The molecule has 0 radical (unpaired) electrons. The summed E-state index contributed by atoms with van der Waals surface area (Å²) in [6, 6.07) is 2.89. The Labute approximate surface area is 108 Å².